The molecule has 0 unspecified atom stereocenters. The topological polar surface area (TPSA) is 78.4 Å². The van der Waals surface area contributed by atoms with E-state index in [1.54, 1.807) is 0 Å². The molecule has 5 nitrogen and oxygen atoms in total. The first-order valence-corrected chi connectivity index (χ1v) is 6.50. The van der Waals surface area contributed by atoms with Crippen molar-refractivity contribution in [3.63, 3.8) is 0 Å². The average molecular weight is 283 g/mol. The lowest BCUT2D eigenvalue weighted by Crippen LogP contribution is -2.35. The van der Waals surface area contributed by atoms with Gasteiger partial charge in [-0.2, -0.15) is 0 Å². The first kappa shape index (κ1) is 13.7. The van der Waals surface area contributed by atoms with Crippen molar-refractivity contribution < 1.29 is 14.7 Å². The van der Waals surface area contributed by atoms with Gasteiger partial charge in [0.15, 0.2) is 0 Å². The van der Waals surface area contributed by atoms with Crippen LogP contribution in [-0.4, -0.2) is 30.0 Å². The summed E-state index contributed by atoms with van der Waals surface area (Å²) in [4.78, 5) is 23.1. The third-order valence-corrected chi connectivity index (χ3v) is 3.18. The number of phenolic OH excluding ortho intramolecular Hbond substituents is 1. The molecule has 0 radical (unpaired) electrons. The van der Waals surface area contributed by atoms with Gasteiger partial charge in [0.1, 0.15) is 5.75 Å². The van der Waals surface area contributed by atoms with Gasteiger partial charge in [-0.05, 0) is 31.0 Å². The summed E-state index contributed by atoms with van der Waals surface area (Å²) >= 11 is 5.86. The number of carbonyl (C=O) groups excluding carboxylic acids is 2. The van der Waals surface area contributed by atoms with Crippen LogP contribution in [0.4, 0.5) is 0 Å². The van der Waals surface area contributed by atoms with Gasteiger partial charge in [-0.1, -0.05) is 11.6 Å². The van der Waals surface area contributed by atoms with Crippen molar-refractivity contribution in [1.29, 1.82) is 0 Å². The highest BCUT2D eigenvalue weighted by molar-refractivity contribution is 6.33. The zero-order valence-corrected chi connectivity index (χ0v) is 11.0. The largest absolute Gasteiger partial charge is 0.508 e. The second-order valence-electron chi connectivity index (χ2n) is 4.49. The number of rotatable bonds is 5. The van der Waals surface area contributed by atoms with Crippen LogP contribution in [0.3, 0.4) is 0 Å². The van der Waals surface area contributed by atoms with E-state index in [2.05, 4.69) is 10.6 Å². The quantitative estimate of drug-likeness (QED) is 0.712. The van der Waals surface area contributed by atoms with E-state index in [1.807, 2.05) is 0 Å². The summed E-state index contributed by atoms with van der Waals surface area (Å²) in [5.74, 6) is -0.181. The normalized spacial score (nSPS) is 13.9. The third kappa shape index (κ3) is 3.86. The monoisotopic (exact) mass is 282 g/mol. The summed E-state index contributed by atoms with van der Waals surface area (Å²) in [6.45, 7) is 0.709. The van der Waals surface area contributed by atoms with Gasteiger partial charge in [-0.25, -0.2) is 0 Å². The van der Waals surface area contributed by atoms with Gasteiger partial charge in [0.05, 0.1) is 10.6 Å². The molecule has 0 bridgehead atoms. The Balaban J connectivity index is 1.77. The third-order valence-electron chi connectivity index (χ3n) is 2.85. The Hall–Kier alpha value is -1.75. The Morgan fingerprint density at radius 3 is 2.63 bits per heavy atom. The van der Waals surface area contributed by atoms with Gasteiger partial charge in [0, 0.05) is 19.0 Å². The number of nitrogens with one attached hydrogen (secondary N) is 2. The minimum Gasteiger partial charge on any atom is -0.508 e. The lowest BCUT2D eigenvalue weighted by molar-refractivity contribution is -0.122. The smallest absolute Gasteiger partial charge is 0.252 e. The van der Waals surface area contributed by atoms with Crippen LogP contribution >= 0.6 is 11.6 Å². The highest BCUT2D eigenvalue weighted by Crippen LogP contribution is 2.28. The molecular formula is C13H15ClN2O3. The molecule has 1 aliphatic rings. The van der Waals surface area contributed by atoms with Crippen molar-refractivity contribution in [1.82, 2.24) is 10.6 Å². The predicted octanol–water partition coefficient (Wildman–Crippen LogP) is 1.30. The van der Waals surface area contributed by atoms with Crippen LogP contribution in [0.1, 0.15) is 23.2 Å². The van der Waals surface area contributed by atoms with Crippen LogP contribution in [0.25, 0.3) is 0 Å². The van der Waals surface area contributed by atoms with Crippen LogP contribution in [-0.2, 0) is 4.79 Å². The van der Waals surface area contributed by atoms with Crippen molar-refractivity contribution in [3.05, 3.63) is 28.8 Å². The van der Waals surface area contributed by atoms with E-state index in [9.17, 15) is 14.7 Å². The molecule has 1 saturated carbocycles. The average Bonchev–Trinajstić information content (AvgIpc) is 3.21. The number of phenols is 1. The Morgan fingerprint density at radius 2 is 1.95 bits per heavy atom. The Labute approximate surface area is 116 Å². The zero-order valence-electron chi connectivity index (χ0n) is 10.3. The first-order chi connectivity index (χ1) is 9.08. The first-order valence-electron chi connectivity index (χ1n) is 6.12. The molecule has 0 aromatic heterocycles. The minimum absolute atomic E-state index is 0.0170. The van der Waals surface area contributed by atoms with Gasteiger partial charge >= 0.3 is 0 Å². The number of carbonyl (C=O) groups is 2. The maximum absolute atomic E-state index is 11.8. The maximum atomic E-state index is 11.8. The van der Waals surface area contributed by atoms with E-state index < -0.39 is 0 Å². The van der Waals surface area contributed by atoms with Gasteiger partial charge in [0.2, 0.25) is 5.91 Å². The molecule has 1 aromatic carbocycles. The second-order valence-corrected chi connectivity index (χ2v) is 4.89. The molecule has 0 spiro atoms. The minimum atomic E-state index is -0.374. The Kier molecular flexibility index (Phi) is 4.27. The number of halogens is 1. The second kappa shape index (κ2) is 5.93. The fraction of sp³-hybridized carbons (Fsp3) is 0.385. The van der Waals surface area contributed by atoms with Gasteiger partial charge in [0.25, 0.3) is 5.91 Å². The summed E-state index contributed by atoms with van der Waals surface area (Å²) in [6.07, 6.45) is 1.91. The van der Waals surface area contributed by atoms with Crippen LogP contribution in [0.15, 0.2) is 18.2 Å². The van der Waals surface area contributed by atoms with E-state index in [0.717, 1.165) is 12.8 Å². The van der Waals surface area contributed by atoms with Crippen molar-refractivity contribution >= 4 is 23.4 Å². The summed E-state index contributed by atoms with van der Waals surface area (Å²) in [7, 11) is 0. The molecule has 1 aromatic rings. The fourth-order valence-corrected chi connectivity index (χ4v) is 1.84. The summed E-state index contributed by atoms with van der Waals surface area (Å²) < 4.78 is 0. The van der Waals surface area contributed by atoms with E-state index >= 15 is 0 Å². The Bertz CT molecular complexity index is 501. The summed E-state index contributed by atoms with van der Waals surface area (Å²) in [6, 6.07) is 4.18. The van der Waals surface area contributed by atoms with Crippen molar-refractivity contribution in [2.45, 2.75) is 12.8 Å². The van der Waals surface area contributed by atoms with E-state index in [0.29, 0.717) is 13.1 Å². The Morgan fingerprint density at radius 1 is 1.26 bits per heavy atom. The summed E-state index contributed by atoms with van der Waals surface area (Å²) in [5, 5.41) is 15.0. The number of aromatic hydroxyl groups is 1. The van der Waals surface area contributed by atoms with Gasteiger partial charge in [-0.3, -0.25) is 9.59 Å². The van der Waals surface area contributed by atoms with E-state index in [4.69, 9.17) is 11.6 Å². The molecule has 2 amide bonds. The predicted molar refractivity (Wildman–Crippen MR) is 71.2 cm³/mol. The molecule has 0 saturated heterocycles. The van der Waals surface area contributed by atoms with Crippen molar-refractivity contribution in [2.75, 3.05) is 13.1 Å². The van der Waals surface area contributed by atoms with Crippen molar-refractivity contribution in [3.8, 4) is 5.75 Å². The molecule has 2 rings (SSSR count). The lowest BCUT2D eigenvalue weighted by Gasteiger charge is -2.08. The van der Waals surface area contributed by atoms with Crippen LogP contribution in [0.2, 0.25) is 5.02 Å². The molecule has 19 heavy (non-hydrogen) atoms. The molecule has 1 aliphatic carbocycles. The molecule has 0 heterocycles. The molecule has 3 N–H and O–H groups in total. The van der Waals surface area contributed by atoms with Crippen LogP contribution in [0.5, 0.6) is 5.75 Å². The van der Waals surface area contributed by atoms with Crippen LogP contribution < -0.4 is 10.6 Å². The zero-order chi connectivity index (χ0) is 13.8. The number of benzene rings is 1. The van der Waals surface area contributed by atoms with E-state index in [1.165, 1.54) is 18.2 Å². The number of hydrogen-bond donors (Lipinski definition) is 3. The molecular weight excluding hydrogens is 268 g/mol. The fourth-order valence-electron chi connectivity index (χ4n) is 1.63. The van der Waals surface area contributed by atoms with Gasteiger partial charge < -0.3 is 15.7 Å². The maximum Gasteiger partial charge on any atom is 0.252 e. The molecule has 1 fully saturated rings. The standard InChI is InChI=1S/C13H15ClN2O3/c14-11-4-3-9(17)7-10(11)13(19)16-6-5-15-12(18)8-1-2-8/h3-4,7-8,17H,1-2,5-6H2,(H,15,18)(H,16,19). The molecule has 0 atom stereocenters. The molecule has 6 heteroatoms. The SMILES string of the molecule is O=C(NCCNC(=O)C1CC1)c1cc(O)ccc1Cl. The van der Waals surface area contributed by atoms with Crippen LogP contribution in [0, 0.1) is 5.92 Å². The van der Waals surface area contributed by atoms with Crippen molar-refractivity contribution in [2.24, 2.45) is 5.92 Å². The lowest BCUT2D eigenvalue weighted by atomic mass is 10.2. The number of amides is 2. The summed E-state index contributed by atoms with van der Waals surface area (Å²) in [5.41, 5.74) is 0.218. The number of hydrogen-bond acceptors (Lipinski definition) is 3. The highest BCUT2D eigenvalue weighted by atomic mass is 35.5. The van der Waals surface area contributed by atoms with Gasteiger partial charge in [-0.15, -0.1) is 0 Å². The van der Waals surface area contributed by atoms with E-state index in [-0.39, 0.29) is 34.1 Å². The molecule has 102 valence electrons. The molecule has 0 aliphatic heterocycles. The highest BCUT2D eigenvalue weighted by Gasteiger charge is 2.28.